The van der Waals surface area contributed by atoms with Gasteiger partial charge in [-0.15, -0.1) is 0 Å². The average molecular weight is 223 g/mol. The molecule has 1 aliphatic carbocycles. The summed E-state index contributed by atoms with van der Waals surface area (Å²) in [5, 5.41) is 15.7. The highest BCUT2D eigenvalue weighted by atomic mass is 16.5. The molecule has 0 aliphatic heterocycles. The van der Waals surface area contributed by atoms with Crippen LogP contribution in [0.3, 0.4) is 0 Å². The Kier molecular flexibility index (Phi) is 5.06. The number of nitrogens with zero attached hydrogens (tertiary/aromatic N) is 4. The Morgan fingerprint density at radius 3 is 3.00 bits per heavy atom. The first kappa shape index (κ1) is 12.8. The largest absolute Gasteiger partial charge is 0.378 e. The molecule has 0 saturated heterocycles. The van der Waals surface area contributed by atoms with Crippen LogP contribution in [0.1, 0.15) is 26.2 Å². The van der Waals surface area contributed by atoms with E-state index in [1.165, 1.54) is 0 Å². The van der Waals surface area contributed by atoms with Crippen LogP contribution in [0.2, 0.25) is 0 Å². The highest BCUT2D eigenvalue weighted by Crippen LogP contribution is 2.33. The summed E-state index contributed by atoms with van der Waals surface area (Å²) in [4.78, 5) is 2.67. The van der Waals surface area contributed by atoms with Crippen LogP contribution in [0.5, 0.6) is 0 Å². The van der Waals surface area contributed by atoms with Gasteiger partial charge in [0.2, 0.25) is 0 Å². The average Bonchev–Trinajstić information content (AvgIpc) is 2.25. The van der Waals surface area contributed by atoms with E-state index in [9.17, 15) is 0 Å². The fraction of sp³-hybridized carbons (Fsp3) is 0.900. The number of nitriles is 1. The first-order chi connectivity index (χ1) is 7.76. The molecule has 6 heteroatoms. The van der Waals surface area contributed by atoms with Crippen molar-refractivity contribution in [2.75, 3.05) is 19.7 Å². The SMILES string of the molecule is CCOC1CC(C#N)(NCCCN=[N+]=[N-])C1. The zero-order valence-corrected chi connectivity index (χ0v) is 9.52. The number of rotatable bonds is 7. The van der Waals surface area contributed by atoms with Gasteiger partial charge in [0.15, 0.2) is 0 Å². The van der Waals surface area contributed by atoms with Crippen molar-refractivity contribution in [1.82, 2.24) is 5.32 Å². The summed E-state index contributed by atoms with van der Waals surface area (Å²) in [6.07, 6.45) is 2.47. The van der Waals surface area contributed by atoms with E-state index >= 15 is 0 Å². The van der Waals surface area contributed by atoms with Crippen molar-refractivity contribution >= 4 is 0 Å². The molecular formula is C10H17N5O. The Morgan fingerprint density at radius 1 is 1.69 bits per heavy atom. The van der Waals surface area contributed by atoms with E-state index < -0.39 is 5.54 Å². The Hall–Kier alpha value is -1.28. The van der Waals surface area contributed by atoms with E-state index in [0.717, 1.165) is 19.3 Å². The summed E-state index contributed by atoms with van der Waals surface area (Å²) < 4.78 is 5.42. The number of hydrogen-bond donors (Lipinski definition) is 1. The molecule has 88 valence electrons. The van der Waals surface area contributed by atoms with E-state index in [1.54, 1.807) is 0 Å². The third-order valence-electron chi connectivity index (χ3n) is 2.73. The second-order valence-corrected chi connectivity index (χ2v) is 3.91. The van der Waals surface area contributed by atoms with Crippen LogP contribution in [-0.4, -0.2) is 31.3 Å². The quantitative estimate of drug-likeness (QED) is 0.308. The molecule has 0 amide bonds. The lowest BCUT2D eigenvalue weighted by molar-refractivity contribution is -0.0312. The minimum atomic E-state index is -0.420. The van der Waals surface area contributed by atoms with Crippen LogP contribution in [0.15, 0.2) is 5.11 Å². The van der Waals surface area contributed by atoms with Gasteiger partial charge in [0.1, 0.15) is 5.54 Å². The fourth-order valence-electron chi connectivity index (χ4n) is 1.87. The van der Waals surface area contributed by atoms with Crippen LogP contribution in [0, 0.1) is 11.3 Å². The molecule has 6 nitrogen and oxygen atoms in total. The molecule has 1 aliphatic rings. The molecular weight excluding hydrogens is 206 g/mol. The second kappa shape index (κ2) is 6.33. The normalized spacial score (nSPS) is 27.6. The third-order valence-corrected chi connectivity index (χ3v) is 2.73. The van der Waals surface area contributed by atoms with Crippen LogP contribution in [0.4, 0.5) is 0 Å². The van der Waals surface area contributed by atoms with Crippen molar-refractivity contribution in [3.8, 4) is 6.07 Å². The van der Waals surface area contributed by atoms with Crippen LogP contribution < -0.4 is 5.32 Å². The minimum Gasteiger partial charge on any atom is -0.378 e. The monoisotopic (exact) mass is 223 g/mol. The maximum Gasteiger partial charge on any atom is 0.111 e. The maximum absolute atomic E-state index is 9.08. The maximum atomic E-state index is 9.08. The Labute approximate surface area is 95.2 Å². The standard InChI is InChI=1S/C10H17N5O/c1-2-16-9-6-10(7-9,8-11)13-4-3-5-14-15-12/h9,13H,2-7H2,1H3. The molecule has 0 unspecified atom stereocenters. The third kappa shape index (κ3) is 3.38. The van der Waals surface area contributed by atoms with Crippen LogP contribution in [-0.2, 0) is 4.74 Å². The molecule has 16 heavy (non-hydrogen) atoms. The second-order valence-electron chi connectivity index (χ2n) is 3.91. The van der Waals surface area contributed by atoms with Crippen molar-refractivity contribution in [2.45, 2.75) is 37.8 Å². The first-order valence-corrected chi connectivity index (χ1v) is 5.55. The highest BCUT2D eigenvalue weighted by molar-refractivity contribution is 5.16. The van der Waals surface area contributed by atoms with E-state index in [4.69, 9.17) is 15.5 Å². The first-order valence-electron chi connectivity index (χ1n) is 5.55. The van der Waals surface area contributed by atoms with Gasteiger partial charge in [0.05, 0.1) is 12.2 Å². The topological polar surface area (TPSA) is 93.8 Å². The van der Waals surface area contributed by atoms with Gasteiger partial charge in [-0.05, 0) is 25.4 Å². The molecule has 0 atom stereocenters. The zero-order chi connectivity index (χ0) is 11.9. The lowest BCUT2D eigenvalue weighted by Gasteiger charge is -2.42. The minimum absolute atomic E-state index is 0.217. The summed E-state index contributed by atoms with van der Waals surface area (Å²) in [7, 11) is 0. The molecule has 1 fully saturated rings. The molecule has 0 aromatic heterocycles. The lowest BCUT2D eigenvalue weighted by Crippen LogP contribution is -2.57. The molecule has 0 aromatic rings. The predicted octanol–water partition coefficient (Wildman–Crippen LogP) is 1.74. The molecule has 1 N–H and O–H groups in total. The summed E-state index contributed by atoms with van der Waals surface area (Å²) >= 11 is 0. The smallest absolute Gasteiger partial charge is 0.111 e. The van der Waals surface area contributed by atoms with Crippen molar-refractivity contribution < 1.29 is 4.74 Å². The van der Waals surface area contributed by atoms with Crippen LogP contribution in [0.25, 0.3) is 10.4 Å². The van der Waals surface area contributed by atoms with E-state index in [-0.39, 0.29) is 6.10 Å². The highest BCUT2D eigenvalue weighted by Gasteiger charge is 2.44. The molecule has 0 spiro atoms. The molecule has 0 radical (unpaired) electrons. The predicted molar refractivity (Wildman–Crippen MR) is 59.6 cm³/mol. The summed E-state index contributed by atoms with van der Waals surface area (Å²) in [5.74, 6) is 0. The Bertz CT molecular complexity index is 299. The van der Waals surface area contributed by atoms with E-state index in [0.29, 0.717) is 19.7 Å². The molecule has 1 rings (SSSR count). The van der Waals surface area contributed by atoms with Gasteiger partial charge in [0.25, 0.3) is 0 Å². The fourth-order valence-corrected chi connectivity index (χ4v) is 1.87. The van der Waals surface area contributed by atoms with E-state index in [2.05, 4.69) is 21.4 Å². The van der Waals surface area contributed by atoms with Gasteiger partial charge >= 0.3 is 0 Å². The van der Waals surface area contributed by atoms with Crippen molar-refractivity contribution in [3.63, 3.8) is 0 Å². The van der Waals surface area contributed by atoms with Gasteiger partial charge in [-0.3, -0.25) is 5.32 Å². The van der Waals surface area contributed by atoms with Crippen molar-refractivity contribution in [2.24, 2.45) is 5.11 Å². The number of hydrogen-bond acceptors (Lipinski definition) is 4. The summed E-state index contributed by atoms with van der Waals surface area (Å²) in [5.41, 5.74) is 7.67. The van der Waals surface area contributed by atoms with Gasteiger partial charge in [-0.2, -0.15) is 5.26 Å². The lowest BCUT2D eigenvalue weighted by atomic mass is 9.75. The summed E-state index contributed by atoms with van der Waals surface area (Å²) in [6, 6.07) is 2.30. The molecule has 0 bridgehead atoms. The number of ether oxygens (including phenoxy) is 1. The van der Waals surface area contributed by atoms with Gasteiger partial charge in [-0.25, -0.2) is 0 Å². The summed E-state index contributed by atoms with van der Waals surface area (Å²) in [6.45, 7) is 3.83. The number of nitrogens with one attached hydrogen (secondary N) is 1. The Balaban J connectivity index is 2.19. The number of azide groups is 1. The molecule has 1 saturated carbocycles. The van der Waals surface area contributed by atoms with Crippen molar-refractivity contribution in [3.05, 3.63) is 10.4 Å². The van der Waals surface area contributed by atoms with Gasteiger partial charge < -0.3 is 4.74 Å². The van der Waals surface area contributed by atoms with Gasteiger partial charge in [-0.1, -0.05) is 5.11 Å². The van der Waals surface area contributed by atoms with Crippen LogP contribution >= 0.6 is 0 Å². The zero-order valence-electron chi connectivity index (χ0n) is 9.52. The van der Waals surface area contributed by atoms with E-state index in [1.807, 2.05) is 6.92 Å². The Morgan fingerprint density at radius 2 is 2.44 bits per heavy atom. The van der Waals surface area contributed by atoms with Gasteiger partial charge in [0, 0.05) is 30.9 Å². The molecule has 0 aromatic carbocycles. The van der Waals surface area contributed by atoms with Crippen molar-refractivity contribution in [1.29, 1.82) is 5.26 Å². The molecule has 0 heterocycles.